The minimum atomic E-state index is 0. The summed E-state index contributed by atoms with van der Waals surface area (Å²) in [5.41, 5.74) is 8.13. The second kappa shape index (κ2) is 11.7. The van der Waals surface area contributed by atoms with Gasteiger partial charge in [-0.1, -0.05) is 62.5 Å². The summed E-state index contributed by atoms with van der Waals surface area (Å²) in [7, 11) is 0. The second-order valence-corrected chi connectivity index (χ2v) is 9.91. The third kappa shape index (κ3) is 6.28. The average Bonchev–Trinajstić information content (AvgIpc) is 3.58. The summed E-state index contributed by atoms with van der Waals surface area (Å²) in [5.74, 6) is 0.560. The summed E-state index contributed by atoms with van der Waals surface area (Å²) in [4.78, 5) is 13.0. The number of aryl methyl sites for hydroxylation is 1. The monoisotopic (exact) mass is 670 g/mol. The van der Waals surface area contributed by atoms with Gasteiger partial charge in [-0.3, -0.25) is 4.98 Å². The van der Waals surface area contributed by atoms with E-state index in [2.05, 4.69) is 68.3 Å². The van der Waals surface area contributed by atoms with Crippen molar-refractivity contribution in [2.75, 3.05) is 0 Å². The van der Waals surface area contributed by atoms with Crippen LogP contribution in [0.1, 0.15) is 50.4 Å². The third-order valence-electron chi connectivity index (χ3n) is 6.28. The van der Waals surface area contributed by atoms with Gasteiger partial charge in [-0.2, -0.15) is 0 Å². The molecule has 1 aliphatic rings. The minimum absolute atomic E-state index is 0. The van der Waals surface area contributed by atoms with E-state index in [1.54, 1.807) is 6.20 Å². The SMILES string of the molecule is CC(C)(C)c1ccncc1.[Pt+2].c1ccc(-c2cc(-c3nccc(-c4[n-]nc5c4CCCC5)n3)[n-]n2)cc1. The van der Waals surface area contributed by atoms with Crippen LogP contribution in [-0.4, -0.2) is 25.1 Å². The molecule has 1 aliphatic carbocycles. The molecule has 0 amide bonds. The Morgan fingerprint density at radius 1 is 0.784 bits per heavy atom. The Kier molecular flexibility index (Phi) is 8.44. The topological polar surface area (TPSA) is 92.6 Å². The molecule has 1 aromatic carbocycles. The number of hydrogen-bond donors (Lipinski definition) is 0. The van der Waals surface area contributed by atoms with Crippen LogP contribution in [-0.2, 0) is 39.3 Å². The van der Waals surface area contributed by atoms with Crippen molar-refractivity contribution in [1.29, 1.82) is 0 Å². The second-order valence-electron chi connectivity index (χ2n) is 9.91. The molecule has 37 heavy (non-hydrogen) atoms. The zero-order chi connectivity index (χ0) is 25.0. The van der Waals surface area contributed by atoms with Gasteiger partial charge in [-0.15, -0.1) is 0 Å². The van der Waals surface area contributed by atoms with E-state index in [-0.39, 0.29) is 26.5 Å². The van der Waals surface area contributed by atoms with Crippen molar-refractivity contribution in [3.63, 3.8) is 0 Å². The Morgan fingerprint density at radius 2 is 1.54 bits per heavy atom. The van der Waals surface area contributed by atoms with E-state index in [4.69, 9.17) is 0 Å². The number of hydrogen-bond acceptors (Lipinski definition) is 5. The summed E-state index contributed by atoms with van der Waals surface area (Å²) >= 11 is 0. The van der Waals surface area contributed by atoms with Crippen LogP contribution >= 0.6 is 0 Å². The van der Waals surface area contributed by atoms with Crippen LogP contribution in [0.15, 0.2) is 73.2 Å². The first-order chi connectivity index (χ1) is 17.5. The van der Waals surface area contributed by atoms with E-state index in [1.165, 1.54) is 24.0 Å². The molecule has 5 aromatic rings. The quantitative estimate of drug-likeness (QED) is 0.253. The number of pyridine rings is 1. The van der Waals surface area contributed by atoms with Crippen LogP contribution in [0, 0.1) is 0 Å². The normalized spacial score (nSPS) is 12.6. The van der Waals surface area contributed by atoms with Crippen LogP contribution in [0.2, 0.25) is 0 Å². The molecule has 0 saturated heterocycles. The molecule has 0 fully saturated rings. The predicted octanol–water partition coefficient (Wildman–Crippen LogP) is 5.44. The van der Waals surface area contributed by atoms with Gasteiger partial charge < -0.3 is 20.4 Å². The van der Waals surface area contributed by atoms with Gasteiger partial charge in [-0.05, 0) is 72.1 Å². The summed E-state index contributed by atoms with van der Waals surface area (Å²) in [6.07, 6.45) is 9.81. The van der Waals surface area contributed by atoms with Crippen LogP contribution in [0.25, 0.3) is 34.2 Å². The molecule has 0 N–H and O–H groups in total. The van der Waals surface area contributed by atoms with E-state index < -0.39 is 0 Å². The summed E-state index contributed by atoms with van der Waals surface area (Å²) < 4.78 is 0. The van der Waals surface area contributed by atoms with Crippen molar-refractivity contribution in [3.05, 3.63) is 90.0 Å². The Bertz CT molecular complexity index is 1420. The molecular formula is C29H29N7Pt. The number of nitrogens with zero attached hydrogens (tertiary/aromatic N) is 7. The van der Waals surface area contributed by atoms with Crippen LogP contribution in [0.5, 0.6) is 0 Å². The van der Waals surface area contributed by atoms with Crippen molar-refractivity contribution >= 4 is 0 Å². The molecule has 6 rings (SSSR count). The van der Waals surface area contributed by atoms with Gasteiger partial charge in [0, 0.05) is 30.0 Å². The number of benzene rings is 1. The first-order valence-corrected chi connectivity index (χ1v) is 12.3. The van der Waals surface area contributed by atoms with E-state index >= 15 is 0 Å². The maximum Gasteiger partial charge on any atom is 2.00 e. The molecule has 0 aliphatic heterocycles. The molecule has 0 unspecified atom stereocenters. The molecule has 0 spiro atoms. The van der Waals surface area contributed by atoms with Crippen molar-refractivity contribution in [2.45, 2.75) is 51.9 Å². The van der Waals surface area contributed by atoms with Gasteiger partial charge in [0.15, 0.2) is 0 Å². The molecule has 190 valence electrons. The van der Waals surface area contributed by atoms with E-state index in [1.807, 2.05) is 54.9 Å². The van der Waals surface area contributed by atoms with Crippen LogP contribution in [0.4, 0.5) is 0 Å². The minimum Gasteiger partial charge on any atom is -0.573 e. The molecule has 0 saturated carbocycles. The zero-order valence-electron chi connectivity index (χ0n) is 21.2. The van der Waals surface area contributed by atoms with Gasteiger partial charge >= 0.3 is 21.1 Å². The van der Waals surface area contributed by atoms with E-state index in [9.17, 15) is 0 Å². The number of aromatic nitrogens is 7. The van der Waals surface area contributed by atoms with Crippen molar-refractivity contribution in [1.82, 2.24) is 35.3 Å². The Balaban J connectivity index is 0.000000248. The maximum absolute atomic E-state index is 4.68. The zero-order valence-corrected chi connectivity index (χ0v) is 23.5. The Hall–Kier alpha value is -3.44. The van der Waals surface area contributed by atoms with Gasteiger partial charge in [0.05, 0.1) is 5.69 Å². The maximum atomic E-state index is 4.68. The smallest absolute Gasteiger partial charge is 0.573 e. The fourth-order valence-electron chi connectivity index (χ4n) is 4.25. The Labute approximate surface area is 231 Å². The summed E-state index contributed by atoms with van der Waals surface area (Å²) in [6, 6.07) is 17.9. The first-order valence-electron chi connectivity index (χ1n) is 12.3. The molecule has 0 bridgehead atoms. The molecule has 4 aromatic heterocycles. The predicted molar refractivity (Wildman–Crippen MR) is 140 cm³/mol. The van der Waals surface area contributed by atoms with E-state index in [0.29, 0.717) is 11.5 Å². The standard InChI is InChI=1S/C20H16N6.C9H13N.Pt/c1-2-6-13(7-3-1)17-12-18(25-24-17)20-21-11-10-16(22-20)19-14-8-4-5-9-15(14)23-26-19;1-9(2,3)8-4-6-10-7-5-8;/h1-3,6-7,10-12H,4-5,8-9H2;4-7H,1-3H3;/q-2;;+2. The average molecular weight is 671 g/mol. The molecule has 4 heterocycles. The fourth-order valence-corrected chi connectivity index (χ4v) is 4.25. The number of rotatable bonds is 3. The number of fused-ring (bicyclic) bond motifs is 1. The summed E-state index contributed by atoms with van der Waals surface area (Å²) in [6.45, 7) is 6.59. The first kappa shape index (κ1) is 26.6. The molecule has 8 heteroatoms. The Morgan fingerprint density at radius 3 is 2.27 bits per heavy atom. The molecule has 0 atom stereocenters. The van der Waals surface area contributed by atoms with Gasteiger partial charge in [0.2, 0.25) is 0 Å². The molecule has 0 radical (unpaired) electrons. The van der Waals surface area contributed by atoms with Crippen molar-refractivity contribution < 1.29 is 21.1 Å². The van der Waals surface area contributed by atoms with Gasteiger partial charge in [0.25, 0.3) is 0 Å². The third-order valence-corrected chi connectivity index (χ3v) is 6.28. The van der Waals surface area contributed by atoms with Crippen LogP contribution in [0.3, 0.4) is 0 Å². The van der Waals surface area contributed by atoms with Gasteiger partial charge in [-0.25, -0.2) is 9.97 Å². The van der Waals surface area contributed by atoms with Gasteiger partial charge in [0.1, 0.15) is 5.82 Å². The van der Waals surface area contributed by atoms with Crippen molar-refractivity contribution in [3.8, 4) is 34.2 Å². The molecule has 7 nitrogen and oxygen atoms in total. The van der Waals surface area contributed by atoms with Crippen molar-refractivity contribution in [2.24, 2.45) is 0 Å². The largest absolute Gasteiger partial charge is 2.00 e. The summed E-state index contributed by atoms with van der Waals surface area (Å²) in [5, 5.41) is 17.2. The molecular weight excluding hydrogens is 641 g/mol. The van der Waals surface area contributed by atoms with Crippen LogP contribution < -0.4 is 10.2 Å². The fraction of sp³-hybridized carbons (Fsp3) is 0.276. The van der Waals surface area contributed by atoms with E-state index in [0.717, 1.165) is 41.2 Å².